The third kappa shape index (κ3) is 4.81. The van der Waals surface area contributed by atoms with Crippen molar-refractivity contribution in [2.45, 2.75) is 6.92 Å². The van der Waals surface area contributed by atoms with Gasteiger partial charge in [-0.25, -0.2) is 9.67 Å². The Morgan fingerprint density at radius 2 is 1.82 bits per heavy atom. The molecule has 2 aromatic carbocycles. The Bertz CT molecular complexity index is 1360. The van der Waals surface area contributed by atoms with Gasteiger partial charge in [-0.2, -0.15) is 10.1 Å². The Morgan fingerprint density at radius 1 is 1.00 bits per heavy atom. The summed E-state index contributed by atoms with van der Waals surface area (Å²) in [5.74, 6) is 2.04. The van der Waals surface area contributed by atoms with Crippen LogP contribution in [0.5, 0.6) is 11.6 Å². The zero-order chi connectivity index (χ0) is 22.6. The highest BCUT2D eigenvalue weighted by molar-refractivity contribution is 7.13. The lowest BCUT2D eigenvalue weighted by atomic mass is 10.1. The number of nitrogens with one attached hydrogen (secondary N) is 1. The van der Waals surface area contributed by atoms with Crippen molar-refractivity contribution < 1.29 is 9.53 Å². The molecule has 0 radical (unpaired) electrons. The second-order valence-electron chi connectivity index (χ2n) is 7.20. The van der Waals surface area contributed by atoms with Gasteiger partial charge in [-0.1, -0.05) is 18.2 Å². The fourth-order valence-corrected chi connectivity index (χ4v) is 3.99. The third-order valence-corrected chi connectivity index (χ3v) is 5.75. The molecule has 0 aliphatic heterocycles. The molecule has 7 nitrogen and oxygen atoms in total. The number of rotatable bonds is 6. The number of aryl methyl sites for hydroxylation is 1. The van der Waals surface area contributed by atoms with Crippen LogP contribution in [-0.2, 0) is 0 Å². The second kappa shape index (κ2) is 9.05. The van der Waals surface area contributed by atoms with Crippen molar-refractivity contribution >= 4 is 22.9 Å². The van der Waals surface area contributed by atoms with Crippen LogP contribution in [0.25, 0.3) is 16.3 Å². The van der Waals surface area contributed by atoms with Gasteiger partial charge in [0.2, 0.25) is 5.88 Å². The molecule has 0 unspecified atom stereocenters. The first-order valence-electron chi connectivity index (χ1n) is 10.2. The van der Waals surface area contributed by atoms with Crippen LogP contribution in [0.1, 0.15) is 16.2 Å². The van der Waals surface area contributed by atoms with Crippen molar-refractivity contribution in [1.82, 2.24) is 19.7 Å². The van der Waals surface area contributed by atoms with Gasteiger partial charge in [0.25, 0.3) is 5.91 Å². The standard InChI is InChI=1S/C25H19N5O2S/c1-17-27-23(30-14-3-13-26-30)16-24(28-17)32-21-11-9-20(10-12-21)29-25(31)19-7-5-18(6-8-19)22-4-2-15-33-22/h2-16H,1H3,(H,29,31). The summed E-state index contributed by atoms with van der Waals surface area (Å²) in [6.07, 6.45) is 3.49. The van der Waals surface area contributed by atoms with Crippen LogP contribution >= 0.6 is 11.3 Å². The molecule has 0 saturated heterocycles. The Balaban J connectivity index is 1.25. The quantitative estimate of drug-likeness (QED) is 0.354. The van der Waals surface area contributed by atoms with E-state index in [-0.39, 0.29) is 5.91 Å². The van der Waals surface area contributed by atoms with Gasteiger partial charge in [-0.3, -0.25) is 4.79 Å². The van der Waals surface area contributed by atoms with Gasteiger partial charge in [-0.05, 0) is 66.4 Å². The van der Waals surface area contributed by atoms with E-state index in [1.54, 1.807) is 65.7 Å². The summed E-state index contributed by atoms with van der Waals surface area (Å²) in [4.78, 5) is 22.5. The molecule has 0 aliphatic carbocycles. The largest absolute Gasteiger partial charge is 0.439 e. The lowest BCUT2D eigenvalue weighted by Gasteiger charge is -2.09. The maximum absolute atomic E-state index is 12.6. The second-order valence-corrected chi connectivity index (χ2v) is 8.15. The minimum absolute atomic E-state index is 0.170. The minimum atomic E-state index is -0.170. The number of carbonyl (C=O) groups excluding carboxylic acids is 1. The SMILES string of the molecule is Cc1nc(Oc2ccc(NC(=O)c3ccc(-c4cccs4)cc3)cc2)cc(-n2cccn2)n1. The topological polar surface area (TPSA) is 81.9 Å². The van der Waals surface area contributed by atoms with Crippen LogP contribution in [0.2, 0.25) is 0 Å². The van der Waals surface area contributed by atoms with E-state index in [2.05, 4.69) is 26.4 Å². The maximum atomic E-state index is 12.6. The Hall–Kier alpha value is -4.30. The highest BCUT2D eigenvalue weighted by Gasteiger charge is 2.09. The number of nitrogens with zero attached hydrogens (tertiary/aromatic N) is 4. The summed E-state index contributed by atoms with van der Waals surface area (Å²) in [6, 6.07) is 22.3. The first kappa shape index (κ1) is 20.6. The lowest BCUT2D eigenvalue weighted by molar-refractivity contribution is 0.102. The molecule has 0 fully saturated rings. The van der Waals surface area contributed by atoms with Crippen LogP contribution in [-0.4, -0.2) is 25.7 Å². The van der Waals surface area contributed by atoms with Crippen LogP contribution in [0.15, 0.2) is 90.6 Å². The smallest absolute Gasteiger partial charge is 0.255 e. The lowest BCUT2D eigenvalue weighted by Crippen LogP contribution is -2.11. The summed E-state index contributed by atoms with van der Waals surface area (Å²) < 4.78 is 7.53. The summed E-state index contributed by atoms with van der Waals surface area (Å²) in [6.45, 7) is 1.80. The maximum Gasteiger partial charge on any atom is 0.255 e. The predicted molar refractivity (Wildman–Crippen MR) is 128 cm³/mol. The first-order valence-corrected chi connectivity index (χ1v) is 11.1. The van der Waals surface area contributed by atoms with Gasteiger partial charge in [0.15, 0.2) is 5.82 Å². The normalized spacial score (nSPS) is 10.7. The van der Waals surface area contributed by atoms with Crippen LogP contribution in [0.3, 0.4) is 0 Å². The number of ether oxygens (including phenoxy) is 1. The average molecular weight is 454 g/mol. The Morgan fingerprint density at radius 3 is 2.52 bits per heavy atom. The van der Waals surface area contributed by atoms with Crippen LogP contribution in [0.4, 0.5) is 5.69 Å². The monoisotopic (exact) mass is 453 g/mol. The molecule has 3 aromatic heterocycles. The van der Waals surface area contributed by atoms with E-state index >= 15 is 0 Å². The number of anilines is 1. The van der Waals surface area contributed by atoms with E-state index in [4.69, 9.17) is 4.74 Å². The fraction of sp³-hybridized carbons (Fsp3) is 0.0400. The number of amides is 1. The van der Waals surface area contributed by atoms with E-state index in [0.29, 0.717) is 34.5 Å². The molecule has 5 rings (SSSR count). The zero-order valence-electron chi connectivity index (χ0n) is 17.7. The zero-order valence-corrected chi connectivity index (χ0v) is 18.5. The minimum Gasteiger partial charge on any atom is -0.439 e. The molecule has 0 saturated carbocycles. The van der Waals surface area contributed by atoms with E-state index in [0.717, 1.165) is 5.56 Å². The van der Waals surface area contributed by atoms with Crippen molar-refractivity contribution in [1.29, 1.82) is 0 Å². The molecule has 33 heavy (non-hydrogen) atoms. The molecule has 0 spiro atoms. The predicted octanol–water partition coefficient (Wildman–Crippen LogP) is 5.74. The third-order valence-electron chi connectivity index (χ3n) is 4.83. The first-order chi connectivity index (χ1) is 16.1. The van der Waals surface area contributed by atoms with Crippen LogP contribution in [0, 0.1) is 6.92 Å². The Labute approximate surface area is 194 Å². The summed E-state index contributed by atoms with van der Waals surface area (Å²) in [5, 5.41) is 9.14. The average Bonchev–Trinajstić information content (AvgIpc) is 3.55. The number of hydrogen-bond donors (Lipinski definition) is 1. The summed E-state index contributed by atoms with van der Waals surface area (Å²) in [7, 11) is 0. The highest BCUT2D eigenvalue weighted by atomic mass is 32.1. The molecule has 1 amide bonds. The van der Waals surface area contributed by atoms with E-state index in [9.17, 15) is 4.79 Å². The van der Waals surface area contributed by atoms with Gasteiger partial charge in [-0.15, -0.1) is 11.3 Å². The van der Waals surface area contributed by atoms with Crippen molar-refractivity contribution in [3.05, 3.63) is 102 Å². The molecule has 3 heterocycles. The van der Waals surface area contributed by atoms with Gasteiger partial charge in [0, 0.05) is 34.6 Å². The highest BCUT2D eigenvalue weighted by Crippen LogP contribution is 2.26. The molecule has 1 N–H and O–H groups in total. The number of carbonyl (C=O) groups is 1. The van der Waals surface area contributed by atoms with Crippen molar-refractivity contribution in [3.8, 4) is 27.9 Å². The van der Waals surface area contributed by atoms with E-state index in [1.165, 1.54) is 4.88 Å². The van der Waals surface area contributed by atoms with E-state index in [1.807, 2.05) is 41.8 Å². The molecule has 5 aromatic rings. The van der Waals surface area contributed by atoms with Gasteiger partial charge < -0.3 is 10.1 Å². The van der Waals surface area contributed by atoms with Gasteiger partial charge in [0.05, 0.1) is 0 Å². The van der Waals surface area contributed by atoms with E-state index < -0.39 is 0 Å². The fourth-order valence-electron chi connectivity index (χ4n) is 3.26. The number of aromatic nitrogens is 4. The Kier molecular flexibility index (Phi) is 5.65. The molecular formula is C25H19N5O2S. The van der Waals surface area contributed by atoms with Crippen molar-refractivity contribution in [3.63, 3.8) is 0 Å². The van der Waals surface area contributed by atoms with Crippen molar-refractivity contribution in [2.24, 2.45) is 0 Å². The number of hydrogen-bond acceptors (Lipinski definition) is 6. The van der Waals surface area contributed by atoms with Crippen molar-refractivity contribution in [2.75, 3.05) is 5.32 Å². The molecule has 0 aliphatic rings. The molecular weight excluding hydrogens is 434 g/mol. The summed E-state index contributed by atoms with van der Waals surface area (Å²) >= 11 is 1.67. The number of thiophene rings is 1. The summed E-state index contributed by atoms with van der Waals surface area (Å²) in [5.41, 5.74) is 2.36. The van der Waals surface area contributed by atoms with Crippen LogP contribution < -0.4 is 10.1 Å². The molecule has 0 atom stereocenters. The molecule has 162 valence electrons. The molecule has 8 heteroatoms. The van der Waals surface area contributed by atoms with Gasteiger partial charge in [0.1, 0.15) is 11.6 Å². The number of benzene rings is 2. The molecule has 0 bridgehead atoms. The van der Waals surface area contributed by atoms with Gasteiger partial charge >= 0.3 is 0 Å².